The van der Waals surface area contributed by atoms with Gasteiger partial charge in [0.2, 0.25) is 11.8 Å². The molecule has 1 aliphatic carbocycles. The van der Waals surface area contributed by atoms with E-state index >= 15 is 0 Å². The number of nitrogens with zero attached hydrogens (tertiary/aromatic N) is 3. The molecule has 0 unspecified atom stereocenters. The lowest BCUT2D eigenvalue weighted by atomic mass is 9.89. The number of rotatable bonds is 7. The molecule has 1 saturated carbocycles. The van der Waals surface area contributed by atoms with E-state index in [2.05, 4.69) is 26.2 Å². The van der Waals surface area contributed by atoms with Gasteiger partial charge in [-0.25, -0.2) is 4.98 Å². The molecule has 186 valence electrons. The SMILES string of the molecule is Cc1nc2c(OCc3c(Cl)ccc(N(C)C(=O)CNC(=O)C4CCCCC4)c3Cl)cccn2c1Br. The van der Waals surface area contributed by atoms with Gasteiger partial charge in [0.05, 0.1) is 22.9 Å². The zero-order valence-electron chi connectivity index (χ0n) is 19.6. The van der Waals surface area contributed by atoms with E-state index in [1.165, 1.54) is 11.3 Å². The first kappa shape index (κ1) is 25.8. The highest BCUT2D eigenvalue weighted by Gasteiger charge is 2.23. The van der Waals surface area contributed by atoms with E-state index < -0.39 is 0 Å². The Morgan fingerprint density at radius 2 is 1.97 bits per heavy atom. The molecule has 4 rings (SSSR count). The van der Waals surface area contributed by atoms with Crippen LogP contribution in [0.1, 0.15) is 43.4 Å². The highest BCUT2D eigenvalue weighted by Crippen LogP contribution is 2.35. The predicted molar refractivity (Wildman–Crippen MR) is 141 cm³/mol. The number of hydrogen-bond donors (Lipinski definition) is 1. The topological polar surface area (TPSA) is 75.9 Å². The molecule has 1 fully saturated rings. The van der Waals surface area contributed by atoms with Gasteiger partial charge in [0.25, 0.3) is 0 Å². The summed E-state index contributed by atoms with van der Waals surface area (Å²) in [6.07, 6.45) is 6.93. The van der Waals surface area contributed by atoms with Gasteiger partial charge in [0, 0.05) is 29.7 Å². The molecule has 7 nitrogen and oxygen atoms in total. The minimum absolute atomic E-state index is 0.00586. The number of fused-ring (bicyclic) bond motifs is 1. The van der Waals surface area contributed by atoms with Gasteiger partial charge in [-0.1, -0.05) is 42.5 Å². The quantitative estimate of drug-likeness (QED) is 0.374. The van der Waals surface area contributed by atoms with E-state index in [1.807, 2.05) is 29.7 Å². The first-order valence-corrected chi connectivity index (χ1v) is 13.1. The molecule has 35 heavy (non-hydrogen) atoms. The molecule has 0 atom stereocenters. The molecule has 1 aromatic carbocycles. The van der Waals surface area contributed by atoms with Gasteiger partial charge in [-0.3, -0.25) is 14.0 Å². The maximum atomic E-state index is 12.8. The molecule has 1 N–H and O–H groups in total. The number of pyridine rings is 1. The number of amides is 2. The van der Waals surface area contributed by atoms with E-state index in [9.17, 15) is 9.59 Å². The van der Waals surface area contributed by atoms with Crippen molar-refractivity contribution in [2.24, 2.45) is 5.92 Å². The third kappa shape index (κ3) is 5.60. The standard InChI is InChI=1S/C25H27BrCl2N4O3/c1-15-23(26)32-12-6-9-20(24(32)30-15)35-14-17-18(27)10-11-19(22(17)28)31(2)21(33)13-29-25(34)16-7-4-3-5-8-16/h6,9-12,16H,3-5,7-8,13-14H2,1-2H3,(H,29,34). The van der Waals surface area contributed by atoms with Crippen molar-refractivity contribution in [1.29, 1.82) is 0 Å². The Bertz CT molecular complexity index is 1260. The van der Waals surface area contributed by atoms with E-state index in [-0.39, 0.29) is 30.9 Å². The minimum atomic E-state index is -0.271. The highest BCUT2D eigenvalue weighted by molar-refractivity contribution is 9.10. The van der Waals surface area contributed by atoms with Crippen molar-refractivity contribution in [1.82, 2.24) is 14.7 Å². The maximum Gasteiger partial charge on any atom is 0.246 e. The average Bonchev–Trinajstić information content (AvgIpc) is 3.16. The van der Waals surface area contributed by atoms with Gasteiger partial charge in [-0.05, 0) is 60.0 Å². The molecule has 2 heterocycles. The van der Waals surface area contributed by atoms with Crippen molar-refractivity contribution in [2.45, 2.75) is 45.6 Å². The number of hydrogen-bond acceptors (Lipinski definition) is 4. The molecule has 1 aliphatic rings. The Labute approximate surface area is 222 Å². The third-order valence-corrected chi connectivity index (χ3v) is 8.11. The van der Waals surface area contributed by atoms with Crippen molar-refractivity contribution in [2.75, 3.05) is 18.5 Å². The summed E-state index contributed by atoms with van der Waals surface area (Å²) in [5, 5.41) is 3.53. The van der Waals surface area contributed by atoms with Crippen LogP contribution < -0.4 is 15.0 Å². The molecule has 0 bridgehead atoms. The van der Waals surface area contributed by atoms with Crippen molar-refractivity contribution >= 4 is 62.3 Å². The molecule has 0 radical (unpaired) electrons. The number of carbonyl (C=O) groups excluding carboxylic acids is 2. The van der Waals surface area contributed by atoms with Crippen LogP contribution in [0, 0.1) is 12.8 Å². The zero-order chi connectivity index (χ0) is 25.1. The van der Waals surface area contributed by atoms with Crippen molar-refractivity contribution < 1.29 is 14.3 Å². The van der Waals surface area contributed by atoms with E-state index in [1.54, 1.807) is 19.2 Å². The van der Waals surface area contributed by atoms with Crippen LogP contribution in [-0.2, 0) is 16.2 Å². The summed E-state index contributed by atoms with van der Waals surface area (Å²) in [6.45, 7) is 1.91. The first-order chi connectivity index (χ1) is 16.8. The van der Waals surface area contributed by atoms with Crippen LogP contribution in [0.3, 0.4) is 0 Å². The van der Waals surface area contributed by atoms with Crippen LogP contribution >= 0.6 is 39.1 Å². The Morgan fingerprint density at radius 1 is 1.23 bits per heavy atom. The normalized spacial score (nSPS) is 14.2. The molecule has 2 aromatic heterocycles. The fourth-order valence-electron chi connectivity index (χ4n) is 4.29. The van der Waals surface area contributed by atoms with Crippen LogP contribution in [0.5, 0.6) is 5.75 Å². The fraction of sp³-hybridized carbons (Fsp3) is 0.400. The van der Waals surface area contributed by atoms with Crippen molar-refractivity contribution in [3.63, 3.8) is 0 Å². The zero-order valence-corrected chi connectivity index (χ0v) is 22.7. The molecule has 3 aromatic rings. The summed E-state index contributed by atoms with van der Waals surface area (Å²) in [4.78, 5) is 31.2. The van der Waals surface area contributed by atoms with Gasteiger partial charge in [-0.2, -0.15) is 0 Å². The monoisotopic (exact) mass is 580 g/mol. The number of benzene rings is 1. The number of anilines is 1. The summed E-state index contributed by atoms with van der Waals surface area (Å²) in [7, 11) is 1.63. The largest absolute Gasteiger partial charge is 0.485 e. The number of carbonyl (C=O) groups is 2. The van der Waals surface area contributed by atoms with Gasteiger partial charge in [-0.15, -0.1) is 0 Å². The molecular weight excluding hydrogens is 555 g/mol. The molecular formula is C25H27BrCl2N4O3. The summed E-state index contributed by atoms with van der Waals surface area (Å²) < 4.78 is 8.78. The van der Waals surface area contributed by atoms with E-state index in [4.69, 9.17) is 27.9 Å². The summed E-state index contributed by atoms with van der Waals surface area (Å²) >= 11 is 16.6. The minimum Gasteiger partial charge on any atom is -0.485 e. The lowest BCUT2D eigenvalue weighted by Gasteiger charge is -2.23. The number of ether oxygens (including phenoxy) is 1. The lowest BCUT2D eigenvalue weighted by Crippen LogP contribution is -2.41. The predicted octanol–water partition coefficient (Wildman–Crippen LogP) is 5.95. The molecule has 0 saturated heterocycles. The maximum absolute atomic E-state index is 12.8. The second-order valence-electron chi connectivity index (χ2n) is 8.71. The number of aromatic nitrogens is 2. The highest BCUT2D eigenvalue weighted by atomic mass is 79.9. The van der Waals surface area contributed by atoms with Gasteiger partial charge >= 0.3 is 0 Å². The summed E-state index contributed by atoms with van der Waals surface area (Å²) in [5.41, 5.74) is 2.56. The van der Waals surface area contributed by atoms with Gasteiger partial charge in [0.1, 0.15) is 11.2 Å². The number of nitrogens with one attached hydrogen (secondary N) is 1. The molecule has 0 spiro atoms. The van der Waals surface area contributed by atoms with Gasteiger partial charge in [0.15, 0.2) is 11.4 Å². The van der Waals surface area contributed by atoms with Crippen LogP contribution in [-0.4, -0.2) is 34.8 Å². The number of aryl methyl sites for hydroxylation is 1. The Hall–Kier alpha value is -2.29. The van der Waals surface area contributed by atoms with Crippen LogP contribution in [0.4, 0.5) is 5.69 Å². The lowest BCUT2D eigenvalue weighted by molar-refractivity contribution is -0.128. The summed E-state index contributed by atoms with van der Waals surface area (Å²) in [6, 6.07) is 7.06. The van der Waals surface area contributed by atoms with Crippen LogP contribution in [0.25, 0.3) is 5.65 Å². The fourth-order valence-corrected chi connectivity index (χ4v) is 5.27. The molecule has 2 amide bonds. The second kappa shape index (κ2) is 11.2. The first-order valence-electron chi connectivity index (χ1n) is 11.5. The van der Waals surface area contributed by atoms with E-state index in [0.29, 0.717) is 32.7 Å². The Kier molecular flexibility index (Phi) is 8.24. The smallest absolute Gasteiger partial charge is 0.246 e. The summed E-state index contributed by atoms with van der Waals surface area (Å²) in [5.74, 6) is 0.243. The number of likely N-dealkylation sites (N-methyl/N-ethyl adjacent to an activating group) is 1. The number of imidazole rings is 1. The van der Waals surface area contributed by atoms with E-state index in [0.717, 1.165) is 36.0 Å². The molecule has 10 heteroatoms. The van der Waals surface area contributed by atoms with Crippen LogP contribution in [0.15, 0.2) is 35.1 Å². The van der Waals surface area contributed by atoms with Crippen LogP contribution in [0.2, 0.25) is 10.0 Å². The molecule has 0 aliphatic heterocycles. The number of halogens is 3. The van der Waals surface area contributed by atoms with Crippen molar-refractivity contribution in [3.8, 4) is 5.75 Å². The Balaban J connectivity index is 1.46. The Morgan fingerprint density at radius 3 is 2.71 bits per heavy atom. The van der Waals surface area contributed by atoms with Crippen molar-refractivity contribution in [3.05, 3.63) is 56.4 Å². The second-order valence-corrected chi connectivity index (χ2v) is 10.2. The average molecular weight is 582 g/mol. The third-order valence-electron chi connectivity index (χ3n) is 6.38. The van der Waals surface area contributed by atoms with Gasteiger partial charge < -0.3 is 15.0 Å².